The third-order valence-corrected chi connectivity index (χ3v) is 11.0. The molecule has 1 aliphatic rings. The minimum Gasteiger partial charge on any atom is -0.488 e. The van der Waals surface area contributed by atoms with Gasteiger partial charge < -0.3 is 4.74 Å². The SMILES string of the molecule is CCCCC(C)(Pc1ccc(C)cc1CN1CCCCC1)c1cc(C(C)(C)C)cc(C(C)(C)C)c1OCc1ccccc1. The Bertz CT molecular complexity index is 1330. The molecular weight excluding hydrogens is 541 g/mol. The van der Waals surface area contributed by atoms with Gasteiger partial charge in [0.15, 0.2) is 0 Å². The maximum atomic E-state index is 6.98. The van der Waals surface area contributed by atoms with Crippen LogP contribution in [-0.4, -0.2) is 18.0 Å². The average Bonchev–Trinajstić information content (AvgIpc) is 2.96. The number of hydrogen-bond donors (Lipinski definition) is 0. The van der Waals surface area contributed by atoms with Crippen LogP contribution in [0.3, 0.4) is 0 Å². The molecule has 3 aromatic rings. The number of aryl methyl sites for hydroxylation is 1. The largest absolute Gasteiger partial charge is 0.488 e. The quantitative estimate of drug-likeness (QED) is 0.203. The summed E-state index contributed by atoms with van der Waals surface area (Å²) in [5.74, 6) is 1.11. The van der Waals surface area contributed by atoms with Crippen molar-refractivity contribution >= 4 is 13.9 Å². The van der Waals surface area contributed by atoms with Crippen LogP contribution in [0.4, 0.5) is 0 Å². The fraction of sp³-hybridized carbons (Fsp3) is 0.550. The van der Waals surface area contributed by atoms with E-state index in [9.17, 15) is 0 Å². The van der Waals surface area contributed by atoms with Crippen molar-refractivity contribution in [1.29, 1.82) is 0 Å². The van der Waals surface area contributed by atoms with Gasteiger partial charge in [0, 0.05) is 22.8 Å². The fourth-order valence-electron chi connectivity index (χ4n) is 6.34. The molecule has 0 bridgehead atoms. The molecule has 0 saturated carbocycles. The standard InChI is InChI=1S/C40H58NOP/c1-10-11-22-40(9,43-36-21-20-30(2)25-32(36)28-41-23-16-13-17-24-41)35-27-33(38(3,4)5)26-34(39(6,7)8)37(35)42-29-31-18-14-12-15-19-31/h12,14-15,18-21,25-27,43H,10-11,13,16-17,22-24,28-29H2,1-9H3. The van der Waals surface area contributed by atoms with Crippen molar-refractivity contribution in [2.24, 2.45) is 0 Å². The molecule has 4 rings (SSSR count). The van der Waals surface area contributed by atoms with Gasteiger partial charge in [0.05, 0.1) is 0 Å². The molecular formula is C40H58NOP. The van der Waals surface area contributed by atoms with Gasteiger partial charge in [-0.2, -0.15) is 0 Å². The Balaban J connectivity index is 1.87. The number of unbranched alkanes of at least 4 members (excludes halogenated alkanes) is 1. The van der Waals surface area contributed by atoms with Crippen molar-refractivity contribution in [1.82, 2.24) is 4.90 Å². The molecule has 0 spiro atoms. The van der Waals surface area contributed by atoms with Crippen LogP contribution in [0.15, 0.2) is 60.7 Å². The number of likely N-dealkylation sites (tertiary alicyclic amines) is 1. The Hall–Kier alpha value is -2.15. The average molecular weight is 600 g/mol. The molecule has 2 atom stereocenters. The van der Waals surface area contributed by atoms with Gasteiger partial charge in [-0.25, -0.2) is 0 Å². The van der Waals surface area contributed by atoms with Gasteiger partial charge in [-0.1, -0.05) is 149 Å². The van der Waals surface area contributed by atoms with E-state index < -0.39 is 0 Å². The number of rotatable bonds is 11. The summed E-state index contributed by atoms with van der Waals surface area (Å²) in [5.41, 5.74) is 8.25. The van der Waals surface area contributed by atoms with Crippen LogP contribution in [0.5, 0.6) is 5.75 Å². The zero-order valence-corrected chi connectivity index (χ0v) is 29.7. The second kappa shape index (κ2) is 14.3. The van der Waals surface area contributed by atoms with E-state index in [1.54, 1.807) is 0 Å². The van der Waals surface area contributed by atoms with Gasteiger partial charge in [0.2, 0.25) is 0 Å². The molecule has 1 aliphatic heterocycles. The lowest BCUT2D eigenvalue weighted by atomic mass is 9.76. The summed E-state index contributed by atoms with van der Waals surface area (Å²) in [6, 6.07) is 22.9. The Morgan fingerprint density at radius 3 is 2.09 bits per heavy atom. The number of nitrogens with zero attached hydrogens (tertiary/aromatic N) is 1. The lowest BCUT2D eigenvalue weighted by Crippen LogP contribution is -2.31. The fourth-order valence-corrected chi connectivity index (χ4v) is 8.03. The predicted molar refractivity (Wildman–Crippen MR) is 190 cm³/mol. The summed E-state index contributed by atoms with van der Waals surface area (Å²) in [6.45, 7) is 25.3. The molecule has 0 N–H and O–H groups in total. The summed E-state index contributed by atoms with van der Waals surface area (Å²) in [4.78, 5) is 2.68. The Labute approximate surface area is 265 Å². The maximum Gasteiger partial charge on any atom is 0.127 e. The highest BCUT2D eigenvalue weighted by Gasteiger charge is 2.36. The first-order chi connectivity index (χ1) is 20.3. The third kappa shape index (κ3) is 8.95. The molecule has 0 radical (unpaired) electrons. The molecule has 234 valence electrons. The Kier molecular flexibility index (Phi) is 11.2. The molecule has 3 heteroatoms. The zero-order chi connectivity index (χ0) is 31.3. The van der Waals surface area contributed by atoms with Crippen LogP contribution in [0.2, 0.25) is 0 Å². The van der Waals surface area contributed by atoms with Gasteiger partial charge in [0.1, 0.15) is 12.4 Å². The van der Waals surface area contributed by atoms with Gasteiger partial charge >= 0.3 is 0 Å². The number of piperidine rings is 1. The summed E-state index contributed by atoms with van der Waals surface area (Å²) in [6.07, 6.45) is 7.58. The molecule has 0 aliphatic carbocycles. The van der Waals surface area contributed by atoms with Crippen molar-refractivity contribution in [3.63, 3.8) is 0 Å². The Morgan fingerprint density at radius 1 is 0.791 bits per heavy atom. The molecule has 43 heavy (non-hydrogen) atoms. The van der Waals surface area contributed by atoms with Crippen LogP contribution >= 0.6 is 8.58 Å². The summed E-state index contributed by atoms with van der Waals surface area (Å²) < 4.78 is 6.98. The molecule has 0 aromatic heterocycles. The van der Waals surface area contributed by atoms with Gasteiger partial charge in [-0.15, -0.1) is 0 Å². The highest BCUT2D eigenvalue weighted by atomic mass is 31.1. The van der Waals surface area contributed by atoms with E-state index >= 15 is 0 Å². The van der Waals surface area contributed by atoms with E-state index in [-0.39, 0.29) is 16.0 Å². The van der Waals surface area contributed by atoms with Crippen LogP contribution in [0.25, 0.3) is 0 Å². The summed E-state index contributed by atoms with van der Waals surface area (Å²) >= 11 is 0. The second-order valence-electron chi connectivity index (χ2n) is 15.2. The van der Waals surface area contributed by atoms with Crippen LogP contribution < -0.4 is 10.0 Å². The van der Waals surface area contributed by atoms with E-state index in [1.807, 2.05) is 0 Å². The van der Waals surface area contributed by atoms with Gasteiger partial charge in [0.25, 0.3) is 0 Å². The molecule has 2 nitrogen and oxygen atoms in total. The second-order valence-corrected chi connectivity index (χ2v) is 17.1. The third-order valence-electron chi connectivity index (χ3n) is 9.13. The first-order valence-electron chi connectivity index (χ1n) is 16.8. The van der Waals surface area contributed by atoms with E-state index in [4.69, 9.17) is 4.74 Å². The number of benzene rings is 3. The number of ether oxygens (including phenoxy) is 1. The smallest absolute Gasteiger partial charge is 0.127 e. The first-order valence-corrected chi connectivity index (χ1v) is 17.8. The topological polar surface area (TPSA) is 12.5 Å². The minimum atomic E-state index is -0.0416. The highest BCUT2D eigenvalue weighted by molar-refractivity contribution is 7.48. The normalized spacial score (nSPS) is 16.5. The van der Waals surface area contributed by atoms with Crippen molar-refractivity contribution < 1.29 is 4.74 Å². The summed E-state index contributed by atoms with van der Waals surface area (Å²) in [7, 11) is 0.672. The molecule has 3 aromatic carbocycles. The lowest BCUT2D eigenvalue weighted by Gasteiger charge is -2.37. The van der Waals surface area contributed by atoms with Crippen LogP contribution in [0, 0.1) is 6.92 Å². The first kappa shape index (κ1) is 33.7. The Morgan fingerprint density at radius 2 is 1.47 bits per heavy atom. The predicted octanol–water partition coefficient (Wildman–Crippen LogP) is 10.6. The maximum absolute atomic E-state index is 6.98. The minimum absolute atomic E-state index is 0.0325. The van der Waals surface area contributed by atoms with E-state index in [2.05, 4.69) is 128 Å². The molecule has 1 heterocycles. The van der Waals surface area contributed by atoms with E-state index in [0.29, 0.717) is 15.2 Å². The van der Waals surface area contributed by atoms with Crippen molar-refractivity contribution in [3.05, 3.63) is 94.0 Å². The van der Waals surface area contributed by atoms with Crippen molar-refractivity contribution in [3.8, 4) is 5.75 Å². The molecule has 2 unspecified atom stereocenters. The van der Waals surface area contributed by atoms with Crippen molar-refractivity contribution in [2.75, 3.05) is 13.1 Å². The van der Waals surface area contributed by atoms with E-state index in [1.165, 1.54) is 83.9 Å². The molecule has 1 saturated heterocycles. The highest BCUT2D eigenvalue weighted by Crippen LogP contribution is 2.52. The van der Waals surface area contributed by atoms with Crippen molar-refractivity contribution in [2.45, 2.75) is 130 Å². The van der Waals surface area contributed by atoms with Gasteiger partial charge in [-0.05, 0) is 72.1 Å². The van der Waals surface area contributed by atoms with Gasteiger partial charge in [-0.3, -0.25) is 4.90 Å². The zero-order valence-electron chi connectivity index (χ0n) is 28.7. The molecule has 0 amide bonds. The van der Waals surface area contributed by atoms with Crippen LogP contribution in [-0.2, 0) is 29.1 Å². The molecule has 1 fully saturated rings. The van der Waals surface area contributed by atoms with E-state index in [0.717, 1.165) is 18.7 Å². The number of hydrogen-bond acceptors (Lipinski definition) is 2. The summed E-state index contributed by atoms with van der Waals surface area (Å²) in [5, 5.41) is 1.50. The van der Waals surface area contributed by atoms with Crippen LogP contribution in [0.1, 0.15) is 127 Å². The monoisotopic (exact) mass is 599 g/mol. The lowest BCUT2D eigenvalue weighted by molar-refractivity contribution is 0.221.